The van der Waals surface area contributed by atoms with Gasteiger partial charge in [0, 0.05) is 6.42 Å². The summed E-state index contributed by atoms with van der Waals surface area (Å²) in [4.78, 5) is 11.2. The Morgan fingerprint density at radius 2 is 1.06 bits per heavy atom. The lowest BCUT2D eigenvalue weighted by Crippen LogP contribution is -2.40. The maximum Gasteiger partial charge on any atom is 0.516 e. The number of nitrogens with one attached hydrogen (secondary N) is 1. The summed E-state index contributed by atoms with van der Waals surface area (Å²) in [7, 11) is -5.62. The first-order valence-corrected chi connectivity index (χ1v) is 11.7. The molecule has 0 heterocycles. The highest BCUT2D eigenvalue weighted by Gasteiger charge is 2.46. The van der Waals surface area contributed by atoms with Crippen molar-refractivity contribution in [1.29, 1.82) is 0 Å². The molecule has 0 aromatic carbocycles. The van der Waals surface area contributed by atoms with E-state index in [0.717, 1.165) is 36.8 Å². The fourth-order valence-electron chi connectivity index (χ4n) is 2.11. The van der Waals surface area contributed by atoms with E-state index < -0.39 is 21.4 Å². The van der Waals surface area contributed by atoms with E-state index >= 15 is 0 Å². The number of halogens is 3. The standard InChI is InChI=1S/C23H32F3NO3S/c1-2-3-4-5-6-7-8-9-10-11-12-13-14-15-16-17-18-19-20-21-22(28)27-31(29,30)23(24,25)26/h3-4,6-7,9-10,12-13,15-16,18-19H,2,5,8,11,14,17,20-21H2,1H3,(H,27,28)/b4-3-,7-6-,10-9-,13-12-,16-15-,19-18-. The zero-order chi connectivity index (χ0) is 23.4. The molecule has 31 heavy (non-hydrogen) atoms. The Kier molecular flexibility index (Phi) is 16.0. The third-order valence-electron chi connectivity index (χ3n) is 3.69. The third kappa shape index (κ3) is 17.1. The van der Waals surface area contributed by atoms with Gasteiger partial charge in [-0.1, -0.05) is 79.8 Å². The molecule has 0 spiro atoms. The summed E-state index contributed by atoms with van der Waals surface area (Å²) >= 11 is 0. The quantitative estimate of drug-likeness (QED) is 0.287. The maximum atomic E-state index is 12.1. The number of carbonyl (C=O) groups is 1. The van der Waals surface area contributed by atoms with Gasteiger partial charge < -0.3 is 0 Å². The molecule has 0 aromatic rings. The lowest BCUT2D eigenvalue weighted by Gasteiger charge is -2.08. The van der Waals surface area contributed by atoms with Crippen LogP contribution in [0.3, 0.4) is 0 Å². The summed E-state index contributed by atoms with van der Waals surface area (Å²) in [5.74, 6) is -1.18. The number of carbonyl (C=O) groups excluding carboxylic acids is 1. The van der Waals surface area contributed by atoms with Crippen molar-refractivity contribution in [3.63, 3.8) is 0 Å². The monoisotopic (exact) mass is 459 g/mol. The number of amides is 1. The molecule has 1 amide bonds. The fourth-order valence-corrected chi connectivity index (χ4v) is 2.63. The third-order valence-corrected chi connectivity index (χ3v) is 4.79. The molecule has 8 heteroatoms. The molecular weight excluding hydrogens is 427 g/mol. The number of sulfonamides is 1. The van der Waals surface area contributed by atoms with Gasteiger partial charge in [0.25, 0.3) is 0 Å². The Labute approximate surface area is 184 Å². The Hall–Kier alpha value is -2.35. The van der Waals surface area contributed by atoms with Crippen LogP contribution in [0.1, 0.15) is 58.3 Å². The van der Waals surface area contributed by atoms with Crippen LogP contribution in [0.2, 0.25) is 0 Å². The van der Waals surface area contributed by atoms with Crippen molar-refractivity contribution in [2.75, 3.05) is 0 Å². The van der Waals surface area contributed by atoms with Gasteiger partial charge in [-0.15, -0.1) is 0 Å². The largest absolute Gasteiger partial charge is 0.516 e. The van der Waals surface area contributed by atoms with Crippen LogP contribution in [0.25, 0.3) is 0 Å². The Morgan fingerprint density at radius 1 is 0.710 bits per heavy atom. The lowest BCUT2D eigenvalue weighted by atomic mass is 10.2. The fraction of sp³-hybridized carbons (Fsp3) is 0.435. The molecule has 1 N–H and O–H groups in total. The van der Waals surface area contributed by atoms with Gasteiger partial charge >= 0.3 is 15.5 Å². The maximum absolute atomic E-state index is 12.1. The Morgan fingerprint density at radius 3 is 1.42 bits per heavy atom. The highest BCUT2D eigenvalue weighted by molar-refractivity contribution is 7.90. The topological polar surface area (TPSA) is 63.2 Å². The molecule has 0 saturated heterocycles. The minimum Gasteiger partial charge on any atom is -0.274 e. The van der Waals surface area contributed by atoms with Gasteiger partial charge in [0.1, 0.15) is 0 Å². The molecule has 0 aliphatic carbocycles. The Bertz CT molecular complexity index is 774. The first-order chi connectivity index (χ1) is 14.7. The molecule has 0 atom stereocenters. The van der Waals surface area contributed by atoms with Crippen LogP contribution in [0.15, 0.2) is 72.9 Å². The van der Waals surface area contributed by atoms with Gasteiger partial charge in [-0.25, -0.2) is 4.72 Å². The molecule has 0 aliphatic rings. The summed E-state index contributed by atoms with van der Waals surface area (Å²) in [5.41, 5.74) is -5.49. The van der Waals surface area contributed by atoms with Gasteiger partial charge in [0.15, 0.2) is 0 Å². The molecule has 4 nitrogen and oxygen atoms in total. The van der Waals surface area contributed by atoms with Crippen molar-refractivity contribution in [3.8, 4) is 0 Å². The number of hydrogen-bond donors (Lipinski definition) is 1. The van der Waals surface area contributed by atoms with E-state index in [9.17, 15) is 26.4 Å². The molecule has 0 aliphatic heterocycles. The second kappa shape index (κ2) is 17.3. The number of hydrogen-bond acceptors (Lipinski definition) is 3. The molecular formula is C23H32F3NO3S. The highest BCUT2D eigenvalue weighted by Crippen LogP contribution is 2.21. The molecule has 0 fully saturated rings. The van der Waals surface area contributed by atoms with Crippen molar-refractivity contribution >= 4 is 15.9 Å². The molecule has 0 saturated carbocycles. The summed E-state index contributed by atoms with van der Waals surface area (Å²) in [6.45, 7) is 2.11. The van der Waals surface area contributed by atoms with Crippen LogP contribution in [0.4, 0.5) is 13.2 Å². The van der Waals surface area contributed by atoms with E-state index in [1.165, 1.54) is 0 Å². The van der Waals surface area contributed by atoms with Crippen molar-refractivity contribution in [2.24, 2.45) is 0 Å². The van der Waals surface area contributed by atoms with Gasteiger partial charge in [-0.05, 0) is 44.9 Å². The first-order valence-electron chi connectivity index (χ1n) is 10.2. The van der Waals surface area contributed by atoms with Crippen LogP contribution in [0.5, 0.6) is 0 Å². The zero-order valence-corrected chi connectivity index (χ0v) is 18.7. The first kappa shape index (κ1) is 28.6. The summed E-state index contributed by atoms with van der Waals surface area (Å²) < 4.78 is 58.9. The van der Waals surface area contributed by atoms with E-state index in [4.69, 9.17) is 0 Å². The summed E-state index contributed by atoms with van der Waals surface area (Å²) in [5, 5.41) is 0. The number of rotatable bonds is 15. The lowest BCUT2D eigenvalue weighted by molar-refractivity contribution is -0.119. The van der Waals surface area contributed by atoms with E-state index in [2.05, 4.69) is 55.5 Å². The van der Waals surface area contributed by atoms with Gasteiger partial charge in [-0.2, -0.15) is 21.6 Å². The average Bonchev–Trinajstić information content (AvgIpc) is 2.68. The van der Waals surface area contributed by atoms with Crippen molar-refractivity contribution < 1.29 is 26.4 Å². The SMILES string of the molecule is CC/C=C\C/C=C\C/C=C\C/C=C\C/C=C\C/C=C\CCC(=O)NS(=O)(=O)C(F)(F)F. The molecule has 0 bridgehead atoms. The number of allylic oxidation sites excluding steroid dienone is 12. The van der Waals surface area contributed by atoms with Crippen molar-refractivity contribution in [3.05, 3.63) is 72.9 Å². The van der Waals surface area contributed by atoms with Crippen LogP contribution >= 0.6 is 0 Å². The van der Waals surface area contributed by atoms with E-state index in [1.54, 1.807) is 12.2 Å². The number of alkyl halides is 3. The highest BCUT2D eigenvalue weighted by atomic mass is 32.2. The smallest absolute Gasteiger partial charge is 0.274 e. The van der Waals surface area contributed by atoms with Crippen molar-refractivity contribution in [1.82, 2.24) is 4.72 Å². The Balaban J connectivity index is 3.80. The minimum absolute atomic E-state index is 0.157. The van der Waals surface area contributed by atoms with Crippen LogP contribution < -0.4 is 4.72 Å². The molecule has 0 aromatic heterocycles. The van der Waals surface area contributed by atoms with Gasteiger partial charge in [0.05, 0.1) is 0 Å². The van der Waals surface area contributed by atoms with Crippen LogP contribution in [-0.2, 0) is 14.8 Å². The second-order valence-corrected chi connectivity index (χ2v) is 8.10. The normalized spacial score (nSPS) is 13.8. The van der Waals surface area contributed by atoms with E-state index in [1.807, 2.05) is 12.2 Å². The zero-order valence-electron chi connectivity index (χ0n) is 17.9. The summed E-state index contributed by atoms with van der Waals surface area (Å²) in [6.07, 6.45) is 29.4. The van der Waals surface area contributed by atoms with Gasteiger partial charge in [-0.3, -0.25) is 4.79 Å². The van der Waals surface area contributed by atoms with Crippen LogP contribution in [-0.4, -0.2) is 19.8 Å². The van der Waals surface area contributed by atoms with Crippen molar-refractivity contribution in [2.45, 2.75) is 63.8 Å². The van der Waals surface area contributed by atoms with E-state index in [0.29, 0.717) is 6.42 Å². The predicted octanol–water partition coefficient (Wildman–Crippen LogP) is 6.43. The molecule has 0 unspecified atom stereocenters. The average molecular weight is 460 g/mol. The summed E-state index contributed by atoms with van der Waals surface area (Å²) in [6, 6.07) is 0. The van der Waals surface area contributed by atoms with Crippen LogP contribution in [0, 0.1) is 0 Å². The molecule has 174 valence electrons. The minimum atomic E-state index is -5.62. The second-order valence-electron chi connectivity index (χ2n) is 6.43. The predicted molar refractivity (Wildman–Crippen MR) is 121 cm³/mol. The van der Waals surface area contributed by atoms with Gasteiger partial charge in [0.2, 0.25) is 5.91 Å². The van der Waals surface area contributed by atoms with E-state index in [-0.39, 0.29) is 12.8 Å². The molecule has 0 rings (SSSR count). The molecule has 0 radical (unpaired) electrons.